The predicted octanol–water partition coefficient (Wildman–Crippen LogP) is 2.30. The van der Waals surface area contributed by atoms with Crippen molar-refractivity contribution in [1.29, 1.82) is 0 Å². The standard InChI is InChI=1S/C13H17BrFN3O2/c1-20-8-4-6-18(7-5-8)10-3-2-9(13(16)17-19)11(14)12(10)15/h2-3,8,19H,4-7H2,1H3,(H2,16,17). The highest BCUT2D eigenvalue weighted by molar-refractivity contribution is 9.10. The summed E-state index contributed by atoms with van der Waals surface area (Å²) >= 11 is 3.17. The maximum absolute atomic E-state index is 14.4. The zero-order valence-corrected chi connectivity index (χ0v) is 12.7. The first kappa shape index (κ1) is 15.1. The molecule has 1 saturated heterocycles. The molecule has 1 aliphatic rings. The lowest BCUT2D eigenvalue weighted by Crippen LogP contribution is -2.37. The molecule has 3 N–H and O–H groups in total. The molecule has 0 atom stereocenters. The molecule has 1 aromatic carbocycles. The molecular weight excluding hydrogens is 329 g/mol. The Morgan fingerprint density at radius 1 is 1.50 bits per heavy atom. The summed E-state index contributed by atoms with van der Waals surface area (Å²) in [5.41, 5.74) is 6.35. The Balaban J connectivity index is 2.24. The molecule has 20 heavy (non-hydrogen) atoms. The van der Waals surface area contributed by atoms with Crippen LogP contribution in [-0.2, 0) is 4.74 Å². The second kappa shape index (κ2) is 6.41. The number of oxime groups is 1. The lowest BCUT2D eigenvalue weighted by Gasteiger charge is -2.33. The Bertz CT molecular complexity index is 517. The van der Waals surface area contributed by atoms with Gasteiger partial charge in [-0.25, -0.2) is 4.39 Å². The van der Waals surface area contributed by atoms with Gasteiger partial charge in [-0.2, -0.15) is 0 Å². The Morgan fingerprint density at radius 3 is 2.70 bits per heavy atom. The molecule has 0 unspecified atom stereocenters. The fraction of sp³-hybridized carbons (Fsp3) is 0.462. The number of nitrogens with zero attached hydrogens (tertiary/aromatic N) is 2. The summed E-state index contributed by atoms with van der Waals surface area (Å²) in [7, 11) is 1.70. The third-order valence-electron chi connectivity index (χ3n) is 3.56. The highest BCUT2D eigenvalue weighted by atomic mass is 79.9. The molecule has 1 aromatic rings. The quantitative estimate of drug-likeness (QED) is 0.381. The van der Waals surface area contributed by atoms with Crippen molar-refractivity contribution in [3.8, 4) is 0 Å². The number of hydrogen-bond acceptors (Lipinski definition) is 4. The fourth-order valence-electron chi connectivity index (χ4n) is 2.37. The van der Waals surface area contributed by atoms with Gasteiger partial charge in [0, 0.05) is 25.8 Å². The number of methoxy groups -OCH3 is 1. The molecule has 0 aromatic heterocycles. The molecule has 110 valence electrons. The molecule has 0 spiro atoms. The number of nitrogens with two attached hydrogens (primary N) is 1. The van der Waals surface area contributed by atoms with E-state index in [1.165, 1.54) is 0 Å². The van der Waals surface area contributed by atoms with Crippen LogP contribution in [-0.4, -0.2) is 37.3 Å². The smallest absolute Gasteiger partial charge is 0.171 e. The molecule has 0 aliphatic carbocycles. The SMILES string of the molecule is COC1CCN(c2ccc(/C(N)=N/O)c(Br)c2F)CC1. The minimum absolute atomic E-state index is 0.125. The van der Waals surface area contributed by atoms with E-state index in [-0.39, 0.29) is 16.4 Å². The number of ether oxygens (including phenoxy) is 1. The number of rotatable bonds is 3. The van der Waals surface area contributed by atoms with E-state index in [0.717, 1.165) is 25.9 Å². The van der Waals surface area contributed by atoms with Crippen LogP contribution in [0.4, 0.5) is 10.1 Å². The van der Waals surface area contributed by atoms with E-state index in [4.69, 9.17) is 15.7 Å². The van der Waals surface area contributed by atoms with Gasteiger partial charge in [0.05, 0.1) is 16.3 Å². The zero-order valence-electron chi connectivity index (χ0n) is 11.1. The fourth-order valence-corrected chi connectivity index (χ4v) is 2.91. The van der Waals surface area contributed by atoms with Crippen molar-refractivity contribution >= 4 is 27.5 Å². The third-order valence-corrected chi connectivity index (χ3v) is 4.34. The monoisotopic (exact) mass is 345 g/mol. The van der Waals surface area contributed by atoms with Crippen LogP contribution in [0.15, 0.2) is 21.8 Å². The first-order valence-corrected chi connectivity index (χ1v) is 7.11. The van der Waals surface area contributed by atoms with Crippen molar-refractivity contribution in [3.05, 3.63) is 28.0 Å². The van der Waals surface area contributed by atoms with Gasteiger partial charge in [0.25, 0.3) is 0 Å². The minimum Gasteiger partial charge on any atom is -0.409 e. The van der Waals surface area contributed by atoms with Gasteiger partial charge in [0.15, 0.2) is 11.7 Å². The third kappa shape index (κ3) is 2.88. The van der Waals surface area contributed by atoms with Crippen molar-refractivity contribution in [2.75, 3.05) is 25.1 Å². The topological polar surface area (TPSA) is 71.1 Å². The lowest BCUT2D eigenvalue weighted by molar-refractivity contribution is 0.0818. The first-order valence-electron chi connectivity index (χ1n) is 6.32. The van der Waals surface area contributed by atoms with E-state index < -0.39 is 5.82 Å². The Hall–Kier alpha value is -1.34. The van der Waals surface area contributed by atoms with E-state index >= 15 is 0 Å². The predicted molar refractivity (Wildman–Crippen MR) is 78.9 cm³/mol. The number of hydrogen-bond donors (Lipinski definition) is 2. The molecule has 7 heteroatoms. The molecule has 2 rings (SSSR count). The highest BCUT2D eigenvalue weighted by Gasteiger charge is 2.23. The molecule has 1 fully saturated rings. The van der Waals surface area contributed by atoms with E-state index in [1.54, 1.807) is 19.2 Å². The van der Waals surface area contributed by atoms with Crippen LogP contribution >= 0.6 is 15.9 Å². The average Bonchev–Trinajstić information content (AvgIpc) is 2.49. The van der Waals surface area contributed by atoms with Crippen molar-refractivity contribution in [2.24, 2.45) is 10.9 Å². The summed E-state index contributed by atoms with van der Waals surface area (Å²) in [5.74, 6) is -0.523. The molecule has 0 radical (unpaired) electrons. The summed E-state index contributed by atoms with van der Waals surface area (Å²) in [6.07, 6.45) is 1.99. The van der Waals surface area contributed by atoms with Crippen LogP contribution in [0.25, 0.3) is 0 Å². The van der Waals surface area contributed by atoms with Crippen molar-refractivity contribution < 1.29 is 14.3 Å². The summed E-state index contributed by atoms with van der Waals surface area (Å²) in [6.45, 7) is 1.48. The molecule has 0 saturated carbocycles. The summed E-state index contributed by atoms with van der Waals surface area (Å²) in [4.78, 5) is 1.98. The van der Waals surface area contributed by atoms with Gasteiger partial charge in [-0.1, -0.05) is 5.16 Å². The summed E-state index contributed by atoms with van der Waals surface area (Å²) in [5, 5.41) is 11.6. The second-order valence-corrected chi connectivity index (χ2v) is 5.46. The van der Waals surface area contributed by atoms with Gasteiger partial charge >= 0.3 is 0 Å². The van der Waals surface area contributed by atoms with Gasteiger partial charge in [-0.3, -0.25) is 0 Å². The van der Waals surface area contributed by atoms with Gasteiger partial charge < -0.3 is 20.6 Å². The highest BCUT2D eigenvalue weighted by Crippen LogP contribution is 2.31. The first-order chi connectivity index (χ1) is 9.58. The largest absolute Gasteiger partial charge is 0.409 e. The number of anilines is 1. The van der Waals surface area contributed by atoms with Crippen LogP contribution in [0, 0.1) is 5.82 Å². The van der Waals surface area contributed by atoms with Crippen LogP contribution < -0.4 is 10.6 Å². The Kier molecular flexibility index (Phi) is 4.82. The molecule has 0 amide bonds. The number of benzene rings is 1. The molecule has 0 bridgehead atoms. The van der Waals surface area contributed by atoms with Gasteiger partial charge in [-0.05, 0) is 40.9 Å². The molecule has 5 nitrogen and oxygen atoms in total. The van der Waals surface area contributed by atoms with Crippen molar-refractivity contribution in [3.63, 3.8) is 0 Å². The average molecular weight is 346 g/mol. The molecule has 1 heterocycles. The van der Waals surface area contributed by atoms with Crippen LogP contribution in [0.1, 0.15) is 18.4 Å². The zero-order chi connectivity index (χ0) is 14.7. The van der Waals surface area contributed by atoms with Crippen LogP contribution in [0.5, 0.6) is 0 Å². The van der Waals surface area contributed by atoms with Gasteiger partial charge in [-0.15, -0.1) is 0 Å². The van der Waals surface area contributed by atoms with E-state index in [1.807, 2.05) is 4.90 Å². The Labute approximate surface area is 125 Å². The number of amidine groups is 1. The normalized spacial score (nSPS) is 17.6. The van der Waals surface area contributed by atoms with E-state index in [2.05, 4.69) is 21.1 Å². The summed E-state index contributed by atoms with van der Waals surface area (Å²) in [6, 6.07) is 3.29. The lowest BCUT2D eigenvalue weighted by atomic mass is 10.1. The van der Waals surface area contributed by atoms with Gasteiger partial charge in [0.2, 0.25) is 0 Å². The van der Waals surface area contributed by atoms with Crippen molar-refractivity contribution in [2.45, 2.75) is 18.9 Å². The van der Waals surface area contributed by atoms with Gasteiger partial charge in [0.1, 0.15) is 0 Å². The molecule has 1 aliphatic heterocycles. The maximum atomic E-state index is 14.4. The number of halogens is 2. The Morgan fingerprint density at radius 2 is 2.15 bits per heavy atom. The summed E-state index contributed by atoms with van der Waals surface area (Å²) < 4.78 is 19.9. The minimum atomic E-state index is -0.398. The maximum Gasteiger partial charge on any atom is 0.171 e. The van der Waals surface area contributed by atoms with E-state index in [9.17, 15) is 4.39 Å². The second-order valence-electron chi connectivity index (χ2n) is 4.67. The number of piperidine rings is 1. The van der Waals surface area contributed by atoms with Crippen LogP contribution in [0.3, 0.4) is 0 Å². The van der Waals surface area contributed by atoms with Crippen LogP contribution in [0.2, 0.25) is 0 Å². The van der Waals surface area contributed by atoms with Crippen molar-refractivity contribution in [1.82, 2.24) is 0 Å². The molecular formula is C13H17BrFN3O2. The van der Waals surface area contributed by atoms with E-state index in [0.29, 0.717) is 11.3 Å².